The van der Waals surface area contributed by atoms with E-state index in [4.69, 9.17) is 15.2 Å². The highest BCUT2D eigenvalue weighted by molar-refractivity contribution is 8.13. The first kappa shape index (κ1) is 22.1. The van der Waals surface area contributed by atoms with Crippen LogP contribution in [-0.2, 0) is 20.8 Å². The second-order valence-electron chi connectivity index (χ2n) is 6.47. The van der Waals surface area contributed by atoms with Gasteiger partial charge in [0.15, 0.2) is 5.17 Å². The Morgan fingerprint density at radius 1 is 1.03 bits per heavy atom. The standard InChI is InChI=1S/C23H24N2O3S2/c1-27-21(26)20-17(13-14-29-20)15-30-22(24)25-16-23(28-2,18-9-5-3-6-10-18)19-11-7-4-8-12-19/h3-14H,15-16H2,1-2H3,(H2,24,25). The van der Waals surface area contributed by atoms with Gasteiger partial charge in [-0.15, -0.1) is 11.3 Å². The number of aliphatic imine (C=N–C) groups is 1. The smallest absolute Gasteiger partial charge is 0.348 e. The van der Waals surface area contributed by atoms with Gasteiger partial charge >= 0.3 is 5.97 Å². The molecule has 156 valence electrons. The molecule has 0 fully saturated rings. The number of hydrogen-bond acceptors (Lipinski definition) is 6. The number of carbonyl (C=O) groups excluding carboxylic acids is 1. The maximum absolute atomic E-state index is 11.9. The van der Waals surface area contributed by atoms with Crippen molar-refractivity contribution in [2.24, 2.45) is 10.7 Å². The van der Waals surface area contributed by atoms with Crippen molar-refractivity contribution in [2.45, 2.75) is 11.4 Å². The molecular weight excluding hydrogens is 416 g/mol. The third kappa shape index (κ3) is 4.92. The largest absolute Gasteiger partial charge is 0.465 e. The van der Waals surface area contributed by atoms with Gasteiger partial charge in [0.05, 0.1) is 13.7 Å². The zero-order valence-corrected chi connectivity index (χ0v) is 18.5. The quantitative estimate of drug-likeness (QED) is 0.313. The first-order valence-electron chi connectivity index (χ1n) is 9.34. The molecule has 0 aliphatic heterocycles. The van der Waals surface area contributed by atoms with E-state index in [9.17, 15) is 4.79 Å². The van der Waals surface area contributed by atoms with Gasteiger partial charge in [0.2, 0.25) is 0 Å². The number of thioether (sulfide) groups is 1. The molecule has 0 saturated heterocycles. The molecular formula is C23H24N2O3S2. The zero-order chi connectivity index (χ0) is 21.4. The van der Waals surface area contributed by atoms with E-state index in [1.54, 1.807) is 7.11 Å². The SMILES string of the molecule is COC(=O)c1sccc1CSC(N)=NCC(OC)(c1ccccc1)c1ccccc1. The van der Waals surface area contributed by atoms with Crippen molar-refractivity contribution in [3.05, 3.63) is 93.7 Å². The summed E-state index contributed by atoms with van der Waals surface area (Å²) < 4.78 is 10.9. The number of nitrogens with zero attached hydrogens (tertiary/aromatic N) is 1. The Kier molecular flexibility index (Phi) is 7.68. The lowest BCUT2D eigenvalue weighted by atomic mass is 9.86. The molecule has 3 rings (SSSR count). The number of esters is 1. The lowest BCUT2D eigenvalue weighted by Gasteiger charge is -2.32. The van der Waals surface area contributed by atoms with Crippen LogP contribution in [0.3, 0.4) is 0 Å². The Bertz CT molecular complexity index is 948. The minimum absolute atomic E-state index is 0.331. The molecule has 0 bridgehead atoms. The van der Waals surface area contributed by atoms with Crippen molar-refractivity contribution in [2.75, 3.05) is 20.8 Å². The third-order valence-corrected chi connectivity index (χ3v) is 6.60. The van der Waals surface area contributed by atoms with Gasteiger partial charge in [0.25, 0.3) is 0 Å². The van der Waals surface area contributed by atoms with Gasteiger partial charge in [0, 0.05) is 12.9 Å². The molecule has 7 heteroatoms. The molecule has 1 heterocycles. The predicted octanol–water partition coefficient (Wildman–Crippen LogP) is 4.67. The van der Waals surface area contributed by atoms with Crippen molar-refractivity contribution >= 4 is 34.2 Å². The van der Waals surface area contributed by atoms with Crippen LogP contribution in [-0.4, -0.2) is 31.9 Å². The highest BCUT2D eigenvalue weighted by Crippen LogP contribution is 2.34. The summed E-state index contributed by atoms with van der Waals surface area (Å²) >= 11 is 2.75. The van der Waals surface area contributed by atoms with Crippen LogP contribution >= 0.6 is 23.1 Å². The van der Waals surface area contributed by atoms with Crippen LogP contribution in [0.2, 0.25) is 0 Å². The van der Waals surface area contributed by atoms with Gasteiger partial charge in [-0.05, 0) is 28.1 Å². The van der Waals surface area contributed by atoms with E-state index in [0.29, 0.717) is 22.3 Å². The molecule has 0 spiro atoms. The van der Waals surface area contributed by atoms with Crippen LogP contribution in [0.4, 0.5) is 0 Å². The Hall–Kier alpha value is -2.61. The van der Waals surface area contributed by atoms with E-state index in [2.05, 4.69) is 4.99 Å². The molecule has 5 nitrogen and oxygen atoms in total. The topological polar surface area (TPSA) is 73.9 Å². The maximum atomic E-state index is 11.9. The average molecular weight is 441 g/mol. The van der Waals surface area contributed by atoms with Crippen molar-refractivity contribution in [1.29, 1.82) is 0 Å². The minimum atomic E-state index is -0.743. The summed E-state index contributed by atoms with van der Waals surface area (Å²) in [6.07, 6.45) is 0. The van der Waals surface area contributed by atoms with E-state index in [0.717, 1.165) is 16.7 Å². The summed E-state index contributed by atoms with van der Waals surface area (Å²) in [6, 6.07) is 21.9. The van der Waals surface area contributed by atoms with Gasteiger partial charge in [-0.25, -0.2) is 4.79 Å². The van der Waals surface area contributed by atoms with Crippen molar-refractivity contribution in [3.8, 4) is 0 Å². The number of ether oxygens (including phenoxy) is 2. The number of nitrogens with two attached hydrogens (primary N) is 1. The molecule has 0 aliphatic carbocycles. The molecule has 0 amide bonds. The van der Waals surface area contributed by atoms with Crippen LogP contribution in [0.25, 0.3) is 0 Å². The van der Waals surface area contributed by atoms with E-state index < -0.39 is 5.60 Å². The lowest BCUT2D eigenvalue weighted by Crippen LogP contribution is -2.34. The van der Waals surface area contributed by atoms with Crippen molar-refractivity contribution in [3.63, 3.8) is 0 Å². The number of methoxy groups -OCH3 is 2. The molecule has 0 unspecified atom stereocenters. The van der Waals surface area contributed by atoms with Crippen LogP contribution in [0.5, 0.6) is 0 Å². The highest BCUT2D eigenvalue weighted by atomic mass is 32.2. The Labute approximate surface area is 184 Å². The van der Waals surface area contributed by atoms with Gasteiger partial charge in [-0.2, -0.15) is 0 Å². The van der Waals surface area contributed by atoms with Crippen LogP contribution in [0.15, 0.2) is 77.1 Å². The molecule has 2 N–H and O–H groups in total. The molecule has 0 saturated carbocycles. The van der Waals surface area contributed by atoms with Crippen LogP contribution in [0, 0.1) is 0 Å². The number of carbonyl (C=O) groups is 1. The van der Waals surface area contributed by atoms with E-state index >= 15 is 0 Å². The van der Waals surface area contributed by atoms with Crippen LogP contribution in [0.1, 0.15) is 26.4 Å². The van der Waals surface area contributed by atoms with Gasteiger partial charge in [-0.1, -0.05) is 72.4 Å². The summed E-state index contributed by atoms with van der Waals surface area (Å²) in [4.78, 5) is 17.1. The summed E-state index contributed by atoms with van der Waals surface area (Å²) in [7, 11) is 3.07. The second kappa shape index (κ2) is 10.4. The number of rotatable bonds is 8. The first-order chi connectivity index (χ1) is 14.6. The molecule has 0 aliphatic rings. The molecule has 0 atom stereocenters. The molecule has 0 radical (unpaired) electrons. The lowest BCUT2D eigenvalue weighted by molar-refractivity contribution is 0.0304. The van der Waals surface area contributed by atoms with E-state index in [1.165, 1.54) is 30.2 Å². The van der Waals surface area contributed by atoms with Crippen molar-refractivity contribution < 1.29 is 14.3 Å². The minimum Gasteiger partial charge on any atom is -0.465 e. The van der Waals surface area contributed by atoms with E-state index in [1.807, 2.05) is 72.1 Å². The monoisotopic (exact) mass is 440 g/mol. The highest BCUT2D eigenvalue weighted by Gasteiger charge is 2.34. The number of benzene rings is 2. The molecule has 2 aromatic carbocycles. The third-order valence-electron chi connectivity index (χ3n) is 4.78. The molecule has 30 heavy (non-hydrogen) atoms. The first-order valence-corrected chi connectivity index (χ1v) is 11.2. The number of amidine groups is 1. The number of thiophene rings is 1. The Morgan fingerprint density at radius 2 is 1.63 bits per heavy atom. The molecule has 3 aromatic rings. The summed E-state index contributed by atoms with van der Waals surface area (Å²) in [5.41, 5.74) is 8.37. The summed E-state index contributed by atoms with van der Waals surface area (Å²) in [5, 5.41) is 2.31. The zero-order valence-electron chi connectivity index (χ0n) is 16.9. The number of hydrogen-bond donors (Lipinski definition) is 1. The Morgan fingerprint density at radius 3 is 2.17 bits per heavy atom. The fraction of sp³-hybridized carbons (Fsp3) is 0.217. The van der Waals surface area contributed by atoms with Crippen molar-refractivity contribution in [1.82, 2.24) is 0 Å². The fourth-order valence-corrected chi connectivity index (χ4v) is 4.80. The fourth-order valence-electron chi connectivity index (χ4n) is 3.17. The maximum Gasteiger partial charge on any atom is 0.348 e. The second-order valence-corrected chi connectivity index (χ2v) is 8.38. The van der Waals surface area contributed by atoms with Gasteiger partial charge in [-0.3, -0.25) is 4.99 Å². The predicted molar refractivity (Wildman–Crippen MR) is 124 cm³/mol. The average Bonchev–Trinajstić information content (AvgIpc) is 3.28. The normalized spacial score (nSPS) is 12.0. The van der Waals surface area contributed by atoms with E-state index in [-0.39, 0.29) is 5.97 Å². The summed E-state index contributed by atoms with van der Waals surface area (Å²) in [6.45, 7) is 0.337. The van der Waals surface area contributed by atoms with Gasteiger partial charge < -0.3 is 15.2 Å². The Balaban J connectivity index is 1.81. The van der Waals surface area contributed by atoms with Gasteiger partial charge in [0.1, 0.15) is 10.5 Å². The summed E-state index contributed by atoms with van der Waals surface area (Å²) in [5.74, 6) is 0.211. The van der Waals surface area contributed by atoms with Crippen LogP contribution < -0.4 is 5.73 Å². The molecule has 1 aromatic heterocycles.